The van der Waals surface area contributed by atoms with Crippen molar-refractivity contribution < 1.29 is 17.6 Å². The summed E-state index contributed by atoms with van der Waals surface area (Å²) in [5, 5.41) is 0. The van der Waals surface area contributed by atoms with Crippen molar-refractivity contribution in [3.63, 3.8) is 0 Å². The summed E-state index contributed by atoms with van der Waals surface area (Å²) >= 11 is 0. The molecule has 0 spiro atoms. The van der Waals surface area contributed by atoms with Crippen molar-refractivity contribution in [1.82, 2.24) is 24.5 Å². The summed E-state index contributed by atoms with van der Waals surface area (Å²) in [4.78, 5) is 30.3. The molecule has 1 aliphatic rings. The number of aromatic nitrogens is 5. The first-order valence-corrected chi connectivity index (χ1v) is 12.1. The Bertz CT molecular complexity index is 1500. The van der Waals surface area contributed by atoms with Gasteiger partial charge in [0.1, 0.15) is 5.52 Å². The van der Waals surface area contributed by atoms with Gasteiger partial charge in [-0.05, 0) is 81.2 Å². The first kappa shape index (κ1) is 25.0. The third-order valence-corrected chi connectivity index (χ3v) is 7.18. The van der Waals surface area contributed by atoms with Gasteiger partial charge >= 0.3 is 6.18 Å². The number of pyridine rings is 3. The van der Waals surface area contributed by atoms with Gasteiger partial charge in [0.15, 0.2) is 5.65 Å². The molecule has 0 saturated heterocycles. The zero-order valence-electron chi connectivity index (χ0n) is 20.4. The van der Waals surface area contributed by atoms with E-state index >= 15 is 0 Å². The Labute approximate surface area is 210 Å². The standard InChI is InChI=1S/C27H25F4N5O/c1-15-9-11-33-24(28)23(15)18-7-5-17(6-8-18)19-12-21-25(35-16(2)13-34-21)36(26(19)37)14-22-20(27(29,30)31)4-3-10-32-22/h3-4,9-13,17-18H,5-8,14H2,1-2H3. The summed E-state index contributed by atoms with van der Waals surface area (Å²) < 4.78 is 56.6. The molecule has 1 saturated carbocycles. The maximum atomic E-state index is 14.4. The Kier molecular flexibility index (Phi) is 6.51. The number of nitrogens with zero attached hydrogens (tertiary/aromatic N) is 5. The monoisotopic (exact) mass is 511 g/mol. The van der Waals surface area contributed by atoms with Crippen LogP contribution in [-0.4, -0.2) is 24.5 Å². The van der Waals surface area contributed by atoms with Gasteiger partial charge in [-0.3, -0.25) is 19.3 Å². The molecule has 6 nitrogen and oxygen atoms in total. The van der Waals surface area contributed by atoms with Crippen LogP contribution in [-0.2, 0) is 12.7 Å². The fourth-order valence-corrected chi connectivity index (χ4v) is 5.37. The van der Waals surface area contributed by atoms with E-state index in [2.05, 4.69) is 19.9 Å². The summed E-state index contributed by atoms with van der Waals surface area (Å²) in [6.45, 7) is 3.19. The Morgan fingerprint density at radius 1 is 1.00 bits per heavy atom. The van der Waals surface area contributed by atoms with Gasteiger partial charge in [0.2, 0.25) is 5.95 Å². The van der Waals surface area contributed by atoms with Crippen LogP contribution < -0.4 is 5.56 Å². The lowest BCUT2D eigenvalue weighted by Gasteiger charge is -2.30. The second-order valence-electron chi connectivity index (χ2n) is 9.59. The van der Waals surface area contributed by atoms with E-state index in [4.69, 9.17) is 0 Å². The predicted molar refractivity (Wildman–Crippen MR) is 130 cm³/mol. The van der Waals surface area contributed by atoms with Crippen molar-refractivity contribution >= 4 is 11.2 Å². The molecule has 10 heteroatoms. The summed E-state index contributed by atoms with van der Waals surface area (Å²) in [6, 6.07) is 5.67. The topological polar surface area (TPSA) is 73.6 Å². The number of hydrogen-bond acceptors (Lipinski definition) is 5. The molecule has 1 fully saturated rings. The van der Waals surface area contributed by atoms with Crippen LogP contribution in [0.5, 0.6) is 0 Å². The first-order valence-electron chi connectivity index (χ1n) is 12.1. The highest BCUT2D eigenvalue weighted by Gasteiger charge is 2.34. The lowest BCUT2D eigenvalue weighted by Crippen LogP contribution is -2.29. The highest BCUT2D eigenvalue weighted by molar-refractivity contribution is 5.71. The van der Waals surface area contributed by atoms with Gasteiger partial charge in [0, 0.05) is 29.7 Å². The second kappa shape index (κ2) is 9.64. The summed E-state index contributed by atoms with van der Waals surface area (Å²) in [7, 11) is 0. The zero-order chi connectivity index (χ0) is 26.3. The summed E-state index contributed by atoms with van der Waals surface area (Å²) in [5.74, 6) is -0.593. The molecule has 0 radical (unpaired) electrons. The Morgan fingerprint density at radius 3 is 2.43 bits per heavy atom. The number of alkyl halides is 3. The number of rotatable bonds is 4. The average molecular weight is 512 g/mol. The van der Waals surface area contributed by atoms with E-state index in [9.17, 15) is 22.4 Å². The lowest BCUT2D eigenvalue weighted by atomic mass is 9.75. The fraction of sp³-hybridized carbons (Fsp3) is 0.370. The van der Waals surface area contributed by atoms with Crippen molar-refractivity contribution in [2.24, 2.45) is 0 Å². The SMILES string of the molecule is Cc1cnc2cc(C3CCC(c4c(C)ccnc4F)CC3)c(=O)n(Cc3ncccc3C(F)(F)F)c2n1. The van der Waals surface area contributed by atoms with E-state index in [1.807, 2.05) is 6.92 Å². The van der Waals surface area contributed by atoms with Crippen molar-refractivity contribution in [2.45, 2.75) is 64.1 Å². The van der Waals surface area contributed by atoms with Gasteiger partial charge in [-0.15, -0.1) is 0 Å². The van der Waals surface area contributed by atoms with Crippen LogP contribution in [0.4, 0.5) is 17.6 Å². The quantitative estimate of drug-likeness (QED) is 0.254. The molecular weight excluding hydrogens is 486 g/mol. The van der Waals surface area contributed by atoms with E-state index in [-0.39, 0.29) is 29.7 Å². The van der Waals surface area contributed by atoms with E-state index in [1.54, 1.807) is 25.3 Å². The molecule has 0 aromatic carbocycles. The van der Waals surface area contributed by atoms with Gasteiger partial charge < -0.3 is 0 Å². The molecule has 1 aliphatic carbocycles. The molecule has 4 aromatic rings. The fourth-order valence-electron chi connectivity index (χ4n) is 5.37. The molecule has 4 aromatic heterocycles. The molecule has 0 atom stereocenters. The van der Waals surface area contributed by atoms with Gasteiger partial charge in [-0.2, -0.15) is 17.6 Å². The van der Waals surface area contributed by atoms with Crippen LogP contribution in [0.15, 0.2) is 47.7 Å². The minimum atomic E-state index is -4.61. The molecular formula is C27H25F4N5O. The van der Waals surface area contributed by atoms with Crippen molar-refractivity contribution in [3.05, 3.63) is 92.8 Å². The van der Waals surface area contributed by atoms with Crippen LogP contribution in [0, 0.1) is 19.8 Å². The highest BCUT2D eigenvalue weighted by atomic mass is 19.4. The van der Waals surface area contributed by atoms with Gasteiger partial charge in [0.25, 0.3) is 5.56 Å². The molecule has 5 rings (SSSR count). The van der Waals surface area contributed by atoms with Crippen molar-refractivity contribution in [3.8, 4) is 0 Å². The molecule has 0 amide bonds. The number of fused-ring (bicyclic) bond motifs is 1. The highest BCUT2D eigenvalue weighted by Crippen LogP contribution is 2.41. The van der Waals surface area contributed by atoms with Gasteiger partial charge in [0.05, 0.1) is 23.5 Å². The molecule has 4 heterocycles. The minimum Gasteiger partial charge on any atom is -0.285 e. The molecule has 37 heavy (non-hydrogen) atoms. The van der Waals surface area contributed by atoms with Crippen LogP contribution in [0.25, 0.3) is 11.2 Å². The van der Waals surface area contributed by atoms with Crippen molar-refractivity contribution in [1.29, 1.82) is 0 Å². The number of hydrogen-bond donors (Lipinski definition) is 0. The van der Waals surface area contributed by atoms with Crippen LogP contribution in [0.2, 0.25) is 0 Å². The van der Waals surface area contributed by atoms with Crippen LogP contribution in [0.1, 0.15) is 71.2 Å². The summed E-state index contributed by atoms with van der Waals surface area (Å²) in [5.41, 5.74) is 1.59. The second-order valence-corrected chi connectivity index (χ2v) is 9.59. The number of halogens is 4. The Balaban J connectivity index is 1.53. The van der Waals surface area contributed by atoms with Crippen LogP contribution in [0.3, 0.4) is 0 Å². The Hall–Kier alpha value is -3.69. The molecule has 0 aliphatic heterocycles. The molecule has 0 bridgehead atoms. The van der Waals surface area contributed by atoms with Crippen molar-refractivity contribution in [2.75, 3.05) is 0 Å². The van der Waals surface area contributed by atoms with E-state index in [1.165, 1.54) is 23.0 Å². The average Bonchev–Trinajstić information content (AvgIpc) is 2.86. The van der Waals surface area contributed by atoms with E-state index in [0.29, 0.717) is 48.0 Å². The van der Waals surface area contributed by atoms with Gasteiger partial charge in [-0.1, -0.05) is 0 Å². The Morgan fingerprint density at radius 2 is 1.73 bits per heavy atom. The number of aryl methyl sites for hydroxylation is 2. The smallest absolute Gasteiger partial charge is 0.285 e. The van der Waals surface area contributed by atoms with E-state index in [0.717, 1.165) is 11.6 Å². The first-order chi connectivity index (χ1) is 17.6. The van der Waals surface area contributed by atoms with Crippen LogP contribution >= 0.6 is 0 Å². The predicted octanol–water partition coefficient (Wildman–Crippen LogP) is 5.85. The largest absolute Gasteiger partial charge is 0.418 e. The molecule has 0 unspecified atom stereocenters. The zero-order valence-corrected chi connectivity index (χ0v) is 20.4. The lowest BCUT2D eigenvalue weighted by molar-refractivity contribution is -0.138. The maximum absolute atomic E-state index is 14.4. The molecule has 0 N–H and O–H groups in total. The minimum absolute atomic E-state index is 0.00191. The third kappa shape index (κ3) is 4.84. The van der Waals surface area contributed by atoms with E-state index < -0.39 is 23.2 Å². The third-order valence-electron chi connectivity index (χ3n) is 7.18. The maximum Gasteiger partial charge on any atom is 0.418 e. The molecule has 192 valence electrons. The van der Waals surface area contributed by atoms with Gasteiger partial charge in [-0.25, -0.2) is 9.97 Å². The summed E-state index contributed by atoms with van der Waals surface area (Å²) in [6.07, 6.45) is 2.29. The normalized spacial score (nSPS) is 18.3.